The van der Waals surface area contributed by atoms with E-state index >= 15 is 0 Å². The van der Waals surface area contributed by atoms with Crippen molar-refractivity contribution < 1.29 is 9.18 Å². The SMILES string of the molecule is Cc1ccc(F)c(C(=O)c2csc3ccccc23)c1. The highest BCUT2D eigenvalue weighted by Gasteiger charge is 2.17. The first-order valence-electron chi connectivity index (χ1n) is 5.94. The molecule has 0 amide bonds. The maximum atomic E-state index is 13.8. The average molecular weight is 270 g/mol. The van der Waals surface area contributed by atoms with Gasteiger partial charge in [0.15, 0.2) is 5.78 Å². The Morgan fingerprint density at radius 2 is 1.89 bits per heavy atom. The fourth-order valence-electron chi connectivity index (χ4n) is 2.11. The van der Waals surface area contributed by atoms with Crippen LogP contribution in [0.4, 0.5) is 4.39 Å². The zero-order valence-corrected chi connectivity index (χ0v) is 11.1. The fraction of sp³-hybridized carbons (Fsp3) is 0.0625. The van der Waals surface area contributed by atoms with Crippen molar-refractivity contribution in [2.24, 2.45) is 0 Å². The van der Waals surface area contributed by atoms with Crippen LogP contribution in [0.5, 0.6) is 0 Å². The standard InChI is InChI=1S/C16H11FOS/c1-10-6-7-14(17)12(8-10)16(18)13-9-19-15-5-3-2-4-11(13)15/h2-9H,1H3. The third kappa shape index (κ3) is 2.06. The highest BCUT2D eigenvalue weighted by Crippen LogP contribution is 2.28. The Bertz CT molecular complexity index is 773. The van der Waals surface area contributed by atoms with Crippen molar-refractivity contribution >= 4 is 27.2 Å². The summed E-state index contributed by atoms with van der Waals surface area (Å²) in [5.74, 6) is -0.718. The molecule has 0 N–H and O–H groups in total. The largest absolute Gasteiger partial charge is 0.288 e. The van der Waals surface area contributed by atoms with Crippen molar-refractivity contribution in [2.75, 3.05) is 0 Å². The molecule has 0 saturated carbocycles. The zero-order valence-electron chi connectivity index (χ0n) is 10.3. The van der Waals surface area contributed by atoms with Crippen molar-refractivity contribution in [1.82, 2.24) is 0 Å². The average Bonchev–Trinajstić information content (AvgIpc) is 2.84. The Labute approximate surface area is 114 Å². The minimum absolute atomic E-state index is 0.142. The summed E-state index contributed by atoms with van der Waals surface area (Å²) in [7, 11) is 0. The molecule has 1 nitrogen and oxygen atoms in total. The van der Waals surface area contributed by atoms with Crippen LogP contribution in [0, 0.1) is 12.7 Å². The maximum Gasteiger partial charge on any atom is 0.197 e. The number of hydrogen-bond acceptors (Lipinski definition) is 2. The first-order chi connectivity index (χ1) is 9.16. The Balaban J connectivity index is 2.16. The van der Waals surface area contributed by atoms with Gasteiger partial charge in [-0.05, 0) is 25.1 Å². The minimum Gasteiger partial charge on any atom is -0.288 e. The van der Waals surface area contributed by atoms with Crippen molar-refractivity contribution in [2.45, 2.75) is 6.92 Å². The number of carbonyl (C=O) groups excluding carboxylic acids is 1. The quantitative estimate of drug-likeness (QED) is 0.623. The van der Waals surface area contributed by atoms with Gasteiger partial charge in [0.25, 0.3) is 0 Å². The number of benzene rings is 2. The van der Waals surface area contributed by atoms with Crippen LogP contribution in [-0.2, 0) is 0 Å². The molecule has 0 atom stereocenters. The second-order valence-electron chi connectivity index (χ2n) is 4.46. The van der Waals surface area contributed by atoms with Gasteiger partial charge in [-0.2, -0.15) is 0 Å². The van der Waals surface area contributed by atoms with Crippen molar-refractivity contribution in [1.29, 1.82) is 0 Å². The predicted octanol–water partition coefficient (Wildman–Crippen LogP) is 4.58. The lowest BCUT2D eigenvalue weighted by Gasteiger charge is -2.03. The van der Waals surface area contributed by atoms with Gasteiger partial charge in [-0.1, -0.05) is 29.8 Å². The number of hydrogen-bond donors (Lipinski definition) is 0. The molecule has 19 heavy (non-hydrogen) atoms. The number of carbonyl (C=O) groups is 1. The molecule has 0 aliphatic rings. The van der Waals surface area contributed by atoms with E-state index in [1.807, 2.05) is 31.2 Å². The van der Waals surface area contributed by atoms with Gasteiger partial charge in [0, 0.05) is 21.0 Å². The molecule has 3 heteroatoms. The molecule has 0 fully saturated rings. The van der Waals surface area contributed by atoms with Crippen LogP contribution in [0.3, 0.4) is 0 Å². The number of halogens is 1. The van der Waals surface area contributed by atoms with Gasteiger partial charge in [0.2, 0.25) is 0 Å². The molecular weight excluding hydrogens is 259 g/mol. The summed E-state index contributed by atoms with van der Waals surface area (Å²) in [5.41, 5.74) is 1.60. The summed E-state index contributed by atoms with van der Waals surface area (Å²) in [6, 6.07) is 12.3. The van der Waals surface area contributed by atoms with Crippen LogP contribution in [0.15, 0.2) is 47.8 Å². The third-order valence-corrected chi connectivity index (χ3v) is 4.06. The molecule has 0 saturated heterocycles. The minimum atomic E-state index is -0.467. The first kappa shape index (κ1) is 12.1. The second-order valence-corrected chi connectivity index (χ2v) is 5.37. The molecule has 0 spiro atoms. The third-order valence-electron chi connectivity index (χ3n) is 3.09. The normalized spacial score (nSPS) is 10.8. The van der Waals surface area contributed by atoms with Gasteiger partial charge in [-0.3, -0.25) is 4.79 Å². The first-order valence-corrected chi connectivity index (χ1v) is 6.82. The summed E-state index contributed by atoms with van der Waals surface area (Å²) in [6.07, 6.45) is 0. The number of ketones is 1. The van der Waals surface area contributed by atoms with Gasteiger partial charge < -0.3 is 0 Å². The summed E-state index contributed by atoms with van der Waals surface area (Å²) >= 11 is 1.50. The van der Waals surface area contributed by atoms with Crippen molar-refractivity contribution in [3.8, 4) is 0 Å². The lowest BCUT2D eigenvalue weighted by atomic mass is 10.0. The lowest BCUT2D eigenvalue weighted by Crippen LogP contribution is -2.03. The van der Waals surface area contributed by atoms with Crippen LogP contribution >= 0.6 is 11.3 Å². The fourth-order valence-corrected chi connectivity index (χ4v) is 3.05. The van der Waals surface area contributed by atoms with E-state index in [4.69, 9.17) is 0 Å². The Hall–Kier alpha value is -2.00. The van der Waals surface area contributed by atoms with Gasteiger partial charge in [0.1, 0.15) is 5.82 Å². The van der Waals surface area contributed by atoms with Crippen LogP contribution < -0.4 is 0 Å². The van der Waals surface area contributed by atoms with Gasteiger partial charge in [0.05, 0.1) is 5.56 Å². The molecule has 0 aliphatic carbocycles. The number of thiophene rings is 1. The second kappa shape index (κ2) is 4.59. The monoisotopic (exact) mass is 270 g/mol. The number of rotatable bonds is 2. The molecular formula is C16H11FOS. The van der Waals surface area contributed by atoms with E-state index in [1.165, 1.54) is 17.4 Å². The molecule has 0 unspecified atom stereocenters. The Morgan fingerprint density at radius 1 is 1.11 bits per heavy atom. The van der Waals surface area contributed by atoms with Crippen LogP contribution in [0.25, 0.3) is 10.1 Å². The highest BCUT2D eigenvalue weighted by molar-refractivity contribution is 7.17. The molecule has 1 aromatic heterocycles. The molecule has 0 radical (unpaired) electrons. The summed E-state index contributed by atoms with van der Waals surface area (Å²) in [6.45, 7) is 1.85. The molecule has 3 aromatic rings. The topological polar surface area (TPSA) is 17.1 Å². The van der Waals surface area contributed by atoms with E-state index in [9.17, 15) is 9.18 Å². The maximum absolute atomic E-state index is 13.8. The molecule has 0 bridgehead atoms. The van der Waals surface area contributed by atoms with E-state index in [2.05, 4.69) is 0 Å². The summed E-state index contributed by atoms with van der Waals surface area (Å²) < 4.78 is 14.8. The Kier molecular flexibility index (Phi) is 2.91. The van der Waals surface area contributed by atoms with Crippen LogP contribution in [-0.4, -0.2) is 5.78 Å². The van der Waals surface area contributed by atoms with Crippen molar-refractivity contribution in [3.63, 3.8) is 0 Å². The molecule has 94 valence electrons. The molecule has 3 rings (SSSR count). The van der Waals surface area contributed by atoms with E-state index < -0.39 is 5.82 Å². The van der Waals surface area contributed by atoms with Gasteiger partial charge >= 0.3 is 0 Å². The van der Waals surface area contributed by atoms with Gasteiger partial charge in [-0.25, -0.2) is 4.39 Å². The van der Waals surface area contributed by atoms with E-state index in [0.29, 0.717) is 5.56 Å². The Morgan fingerprint density at radius 3 is 2.74 bits per heavy atom. The summed E-state index contributed by atoms with van der Waals surface area (Å²) in [5, 5.41) is 2.69. The van der Waals surface area contributed by atoms with E-state index in [0.717, 1.165) is 15.6 Å². The molecule has 1 heterocycles. The lowest BCUT2D eigenvalue weighted by molar-refractivity contribution is 0.103. The smallest absolute Gasteiger partial charge is 0.197 e. The van der Waals surface area contributed by atoms with E-state index in [1.54, 1.807) is 17.5 Å². The predicted molar refractivity (Wildman–Crippen MR) is 76.4 cm³/mol. The van der Waals surface area contributed by atoms with Crippen LogP contribution in [0.1, 0.15) is 21.5 Å². The number of aryl methyl sites for hydroxylation is 1. The zero-order chi connectivity index (χ0) is 13.4. The highest BCUT2D eigenvalue weighted by atomic mass is 32.1. The molecule has 2 aromatic carbocycles. The summed E-state index contributed by atoms with van der Waals surface area (Å²) in [4.78, 5) is 12.5. The van der Waals surface area contributed by atoms with Crippen molar-refractivity contribution in [3.05, 3.63) is 70.4 Å². The molecule has 0 aliphatic heterocycles. The van der Waals surface area contributed by atoms with E-state index in [-0.39, 0.29) is 11.3 Å². The number of fused-ring (bicyclic) bond motifs is 1. The van der Waals surface area contributed by atoms with Crippen LogP contribution in [0.2, 0.25) is 0 Å². The van der Waals surface area contributed by atoms with Gasteiger partial charge in [-0.15, -0.1) is 11.3 Å².